The van der Waals surface area contributed by atoms with E-state index in [1.807, 2.05) is 36.4 Å². The van der Waals surface area contributed by atoms with E-state index >= 15 is 0 Å². The lowest BCUT2D eigenvalue weighted by Gasteiger charge is -2.10. The number of amides is 1. The fraction of sp³-hybridized carbons (Fsp3) is 0.167. The fourth-order valence-corrected chi connectivity index (χ4v) is 2.79. The third-order valence-electron chi connectivity index (χ3n) is 4.01. The van der Waals surface area contributed by atoms with Gasteiger partial charge in [-0.3, -0.25) is 4.79 Å². The molecule has 1 saturated carbocycles. The number of fused-ring (bicyclic) bond motifs is 1. The van der Waals surface area contributed by atoms with Crippen LogP contribution in [0.15, 0.2) is 48.8 Å². The van der Waals surface area contributed by atoms with Gasteiger partial charge in [-0.15, -0.1) is 0 Å². The summed E-state index contributed by atoms with van der Waals surface area (Å²) in [7, 11) is 0. The van der Waals surface area contributed by atoms with Crippen molar-refractivity contribution >= 4 is 34.1 Å². The van der Waals surface area contributed by atoms with E-state index < -0.39 is 0 Å². The van der Waals surface area contributed by atoms with Crippen molar-refractivity contribution < 1.29 is 4.79 Å². The van der Waals surface area contributed by atoms with Crippen molar-refractivity contribution in [3.8, 4) is 11.1 Å². The van der Waals surface area contributed by atoms with E-state index in [1.54, 1.807) is 12.4 Å². The molecule has 0 radical (unpaired) electrons. The number of nitrogens with zero attached hydrogens (tertiary/aromatic N) is 2. The van der Waals surface area contributed by atoms with Gasteiger partial charge in [-0.05, 0) is 29.9 Å². The Morgan fingerprint density at radius 3 is 2.61 bits per heavy atom. The van der Waals surface area contributed by atoms with Crippen LogP contribution >= 0.6 is 11.6 Å². The van der Waals surface area contributed by atoms with Crippen LogP contribution in [-0.4, -0.2) is 15.9 Å². The van der Waals surface area contributed by atoms with Crippen molar-refractivity contribution in [1.82, 2.24) is 9.97 Å². The average molecular weight is 324 g/mol. The van der Waals surface area contributed by atoms with Crippen LogP contribution in [0.25, 0.3) is 21.9 Å². The zero-order valence-corrected chi connectivity index (χ0v) is 13.0. The minimum Gasteiger partial charge on any atom is -0.310 e. The van der Waals surface area contributed by atoms with E-state index in [0.717, 1.165) is 34.7 Å². The van der Waals surface area contributed by atoms with Gasteiger partial charge in [-0.2, -0.15) is 0 Å². The van der Waals surface area contributed by atoms with Crippen molar-refractivity contribution in [2.45, 2.75) is 12.8 Å². The third kappa shape index (κ3) is 2.78. The van der Waals surface area contributed by atoms with E-state index in [9.17, 15) is 4.79 Å². The number of anilines is 1. The Morgan fingerprint density at radius 2 is 1.87 bits per heavy atom. The van der Waals surface area contributed by atoms with Gasteiger partial charge in [0, 0.05) is 29.3 Å². The van der Waals surface area contributed by atoms with Crippen molar-refractivity contribution in [2.24, 2.45) is 5.92 Å². The second kappa shape index (κ2) is 5.63. The largest absolute Gasteiger partial charge is 0.310 e. The van der Waals surface area contributed by atoms with Crippen LogP contribution in [0, 0.1) is 5.92 Å². The molecule has 0 unspecified atom stereocenters. The number of rotatable bonds is 3. The Hall–Kier alpha value is -2.46. The number of hydrogen-bond acceptors (Lipinski definition) is 3. The Bertz CT molecular complexity index is 891. The molecule has 0 atom stereocenters. The van der Waals surface area contributed by atoms with Crippen molar-refractivity contribution in [1.29, 1.82) is 0 Å². The Labute approximate surface area is 138 Å². The van der Waals surface area contributed by atoms with Crippen LogP contribution in [0.4, 0.5) is 5.82 Å². The summed E-state index contributed by atoms with van der Waals surface area (Å²) in [5.74, 6) is 0.731. The average Bonchev–Trinajstić information content (AvgIpc) is 3.41. The lowest BCUT2D eigenvalue weighted by Crippen LogP contribution is -2.14. The second-order valence-corrected chi connectivity index (χ2v) is 6.07. The molecule has 0 bridgehead atoms. The van der Waals surface area contributed by atoms with E-state index in [2.05, 4.69) is 15.3 Å². The number of pyridine rings is 2. The maximum Gasteiger partial charge on any atom is 0.228 e. The first kappa shape index (κ1) is 14.2. The number of halogens is 1. The second-order valence-electron chi connectivity index (χ2n) is 5.71. The molecule has 1 fully saturated rings. The summed E-state index contributed by atoms with van der Waals surface area (Å²) < 4.78 is 0. The molecule has 1 aromatic carbocycles. The first-order valence-electron chi connectivity index (χ1n) is 7.53. The maximum atomic E-state index is 11.9. The number of hydrogen-bond donors (Lipinski definition) is 1. The summed E-state index contributed by atoms with van der Waals surface area (Å²) in [4.78, 5) is 20.5. The van der Waals surface area contributed by atoms with Crippen LogP contribution < -0.4 is 5.32 Å². The molecule has 1 aliphatic carbocycles. The quantitative estimate of drug-likeness (QED) is 0.731. The Balaban J connectivity index is 1.82. The summed E-state index contributed by atoms with van der Waals surface area (Å²) in [6.07, 6.45) is 5.35. The summed E-state index contributed by atoms with van der Waals surface area (Å²) >= 11 is 6.20. The van der Waals surface area contributed by atoms with E-state index in [1.165, 1.54) is 0 Å². The smallest absolute Gasteiger partial charge is 0.228 e. The molecule has 3 aromatic rings. The lowest BCUT2D eigenvalue weighted by molar-refractivity contribution is -0.117. The molecule has 2 aromatic heterocycles. The minimum absolute atomic E-state index is 0.0401. The first-order chi connectivity index (χ1) is 11.2. The van der Waals surface area contributed by atoms with Gasteiger partial charge >= 0.3 is 0 Å². The first-order valence-corrected chi connectivity index (χ1v) is 7.91. The van der Waals surface area contributed by atoms with Crippen molar-refractivity contribution in [3.63, 3.8) is 0 Å². The van der Waals surface area contributed by atoms with Crippen LogP contribution in [-0.2, 0) is 4.79 Å². The van der Waals surface area contributed by atoms with E-state index in [0.29, 0.717) is 11.0 Å². The highest BCUT2D eigenvalue weighted by atomic mass is 35.5. The number of carbonyl (C=O) groups excluding carboxylic acids is 1. The summed E-state index contributed by atoms with van der Waals surface area (Å²) in [5.41, 5.74) is 2.02. The molecule has 23 heavy (non-hydrogen) atoms. The SMILES string of the molecule is O=C(Nc1cc2c(-c3ccccc3)cnc(Cl)c2cn1)C1CC1. The van der Waals surface area contributed by atoms with Crippen LogP contribution in [0.5, 0.6) is 0 Å². The highest BCUT2D eigenvalue weighted by molar-refractivity contribution is 6.34. The molecule has 114 valence electrons. The Kier molecular flexibility index (Phi) is 3.46. The molecule has 5 heteroatoms. The van der Waals surface area contributed by atoms with Crippen molar-refractivity contribution in [3.05, 3.63) is 53.9 Å². The topological polar surface area (TPSA) is 54.9 Å². The summed E-state index contributed by atoms with van der Waals surface area (Å²) in [5, 5.41) is 4.99. The Morgan fingerprint density at radius 1 is 1.09 bits per heavy atom. The third-order valence-corrected chi connectivity index (χ3v) is 4.31. The van der Waals surface area contributed by atoms with E-state index in [4.69, 9.17) is 11.6 Å². The molecule has 4 nitrogen and oxygen atoms in total. The zero-order chi connectivity index (χ0) is 15.8. The summed E-state index contributed by atoms with van der Waals surface area (Å²) in [6.45, 7) is 0. The summed E-state index contributed by atoms with van der Waals surface area (Å²) in [6, 6.07) is 11.8. The number of carbonyl (C=O) groups is 1. The minimum atomic E-state index is 0.0401. The number of benzene rings is 1. The van der Waals surface area contributed by atoms with Gasteiger partial charge in [-0.1, -0.05) is 41.9 Å². The van der Waals surface area contributed by atoms with Gasteiger partial charge in [0.2, 0.25) is 5.91 Å². The molecule has 2 heterocycles. The molecule has 0 spiro atoms. The number of nitrogens with one attached hydrogen (secondary N) is 1. The predicted molar refractivity (Wildman–Crippen MR) is 91.3 cm³/mol. The molecule has 4 rings (SSSR count). The highest BCUT2D eigenvalue weighted by Crippen LogP contribution is 2.33. The number of aromatic nitrogens is 2. The fourth-order valence-electron chi connectivity index (χ4n) is 2.59. The monoisotopic (exact) mass is 323 g/mol. The van der Waals surface area contributed by atoms with Gasteiger partial charge in [0.05, 0.1) is 0 Å². The van der Waals surface area contributed by atoms with Crippen LogP contribution in [0.2, 0.25) is 5.15 Å². The molecular weight excluding hydrogens is 310 g/mol. The molecular formula is C18H14ClN3O. The predicted octanol–water partition coefficient (Wildman–Crippen LogP) is 4.30. The van der Waals surface area contributed by atoms with Gasteiger partial charge in [-0.25, -0.2) is 9.97 Å². The van der Waals surface area contributed by atoms with Crippen LogP contribution in [0.3, 0.4) is 0 Å². The standard InChI is InChI=1S/C18H14ClN3O/c19-17-15-10-20-16(22-18(23)12-6-7-12)8-13(15)14(9-21-17)11-4-2-1-3-5-11/h1-5,8-10,12H,6-7H2,(H,20,22,23). The molecule has 0 saturated heterocycles. The van der Waals surface area contributed by atoms with E-state index in [-0.39, 0.29) is 11.8 Å². The van der Waals surface area contributed by atoms with Gasteiger partial charge < -0.3 is 5.32 Å². The zero-order valence-electron chi connectivity index (χ0n) is 12.3. The van der Waals surface area contributed by atoms with Crippen LogP contribution in [0.1, 0.15) is 12.8 Å². The van der Waals surface area contributed by atoms with Gasteiger partial charge in [0.1, 0.15) is 11.0 Å². The van der Waals surface area contributed by atoms with Gasteiger partial charge in [0.25, 0.3) is 0 Å². The van der Waals surface area contributed by atoms with Gasteiger partial charge in [0.15, 0.2) is 0 Å². The molecule has 0 aliphatic heterocycles. The lowest BCUT2D eigenvalue weighted by atomic mass is 10.0. The maximum absolute atomic E-state index is 11.9. The molecule has 1 N–H and O–H groups in total. The molecule has 1 aliphatic rings. The molecule has 1 amide bonds. The highest BCUT2D eigenvalue weighted by Gasteiger charge is 2.29. The normalized spacial score (nSPS) is 14.0. The van der Waals surface area contributed by atoms with Crippen molar-refractivity contribution in [2.75, 3.05) is 5.32 Å².